The summed E-state index contributed by atoms with van der Waals surface area (Å²) in [5, 5.41) is 3.87. The van der Waals surface area contributed by atoms with Gasteiger partial charge >= 0.3 is 0 Å². The van der Waals surface area contributed by atoms with Crippen LogP contribution in [0.2, 0.25) is 0 Å². The first kappa shape index (κ1) is 6.92. The molecule has 0 saturated heterocycles. The van der Waals surface area contributed by atoms with Crippen LogP contribution in [0, 0.1) is 13.8 Å². The molecule has 0 aromatic carbocycles. The Morgan fingerprint density at radius 2 is 2.10 bits per heavy atom. The summed E-state index contributed by atoms with van der Waals surface area (Å²) < 4.78 is 1.29. The molecular weight excluding hydrogens is 130 g/mol. The van der Waals surface area contributed by atoms with Gasteiger partial charge in [0.25, 0.3) is 0 Å². The summed E-state index contributed by atoms with van der Waals surface area (Å²) in [5.74, 6) is 1.18. The molecule has 0 aliphatic carbocycles. The monoisotopic (exact) mass is 139 g/mol. The van der Waals surface area contributed by atoms with Crippen molar-refractivity contribution in [2.75, 3.05) is 0 Å². The number of carbonyl (C=O) groups excluding carboxylic acids is 1. The van der Waals surface area contributed by atoms with Crippen LogP contribution in [0.3, 0.4) is 0 Å². The zero-order chi connectivity index (χ0) is 7.72. The van der Waals surface area contributed by atoms with E-state index >= 15 is 0 Å². The summed E-state index contributed by atoms with van der Waals surface area (Å²) in [6.45, 7) is 4.97. The van der Waals surface area contributed by atoms with Gasteiger partial charge in [-0.3, -0.25) is 4.79 Å². The fraction of sp³-hybridized carbons (Fsp3) is 0.500. The van der Waals surface area contributed by atoms with E-state index in [2.05, 4.69) is 10.1 Å². The molecule has 1 aromatic rings. The molecular formula is C6H9N3O. The average molecular weight is 139 g/mol. The van der Waals surface area contributed by atoms with Gasteiger partial charge in [-0.2, -0.15) is 4.68 Å². The molecule has 0 saturated carbocycles. The lowest BCUT2D eigenvalue weighted by molar-refractivity contribution is 0.0918. The molecule has 0 bridgehead atoms. The predicted molar refractivity (Wildman–Crippen MR) is 35.8 cm³/mol. The second kappa shape index (κ2) is 2.21. The van der Waals surface area contributed by atoms with Crippen molar-refractivity contribution in [3.8, 4) is 0 Å². The van der Waals surface area contributed by atoms with Crippen molar-refractivity contribution in [1.29, 1.82) is 0 Å². The van der Waals surface area contributed by atoms with Crippen LogP contribution < -0.4 is 0 Å². The first-order chi connectivity index (χ1) is 4.61. The summed E-state index contributed by atoms with van der Waals surface area (Å²) in [7, 11) is 0. The molecule has 0 spiro atoms. The van der Waals surface area contributed by atoms with Crippen LogP contribution in [-0.2, 0) is 0 Å². The first-order valence-corrected chi connectivity index (χ1v) is 3.02. The van der Waals surface area contributed by atoms with Crippen LogP contribution in [0.15, 0.2) is 0 Å². The van der Waals surface area contributed by atoms with Crippen molar-refractivity contribution in [3.63, 3.8) is 0 Å². The molecule has 0 aliphatic heterocycles. The highest BCUT2D eigenvalue weighted by Gasteiger charge is 2.04. The number of nitrogens with zero attached hydrogens (tertiary/aromatic N) is 3. The summed E-state index contributed by atoms with van der Waals surface area (Å²) in [4.78, 5) is 14.7. The summed E-state index contributed by atoms with van der Waals surface area (Å²) >= 11 is 0. The molecule has 54 valence electrons. The lowest BCUT2D eigenvalue weighted by Crippen LogP contribution is -2.09. The SMILES string of the molecule is CC(=O)n1nc(C)nc1C. The minimum absolute atomic E-state index is 0.0990. The Balaban J connectivity index is 3.15. The lowest BCUT2D eigenvalue weighted by atomic mass is 10.6. The maximum Gasteiger partial charge on any atom is 0.245 e. The lowest BCUT2D eigenvalue weighted by Gasteiger charge is -1.91. The Morgan fingerprint density at radius 1 is 1.50 bits per heavy atom. The van der Waals surface area contributed by atoms with Crippen LogP contribution in [0.25, 0.3) is 0 Å². The zero-order valence-electron chi connectivity index (χ0n) is 6.25. The normalized spacial score (nSPS) is 9.90. The van der Waals surface area contributed by atoms with E-state index in [9.17, 15) is 4.79 Å². The number of aromatic nitrogens is 3. The van der Waals surface area contributed by atoms with Crippen molar-refractivity contribution in [2.45, 2.75) is 20.8 Å². The van der Waals surface area contributed by atoms with Gasteiger partial charge in [0.05, 0.1) is 0 Å². The zero-order valence-corrected chi connectivity index (χ0v) is 6.25. The molecule has 1 aromatic heterocycles. The Labute approximate surface area is 58.9 Å². The van der Waals surface area contributed by atoms with Gasteiger partial charge in [-0.25, -0.2) is 4.98 Å². The maximum atomic E-state index is 10.7. The topological polar surface area (TPSA) is 47.8 Å². The molecule has 0 aliphatic rings. The Morgan fingerprint density at radius 3 is 2.30 bits per heavy atom. The molecule has 0 amide bonds. The third kappa shape index (κ3) is 1.05. The average Bonchev–Trinajstić information content (AvgIpc) is 2.10. The van der Waals surface area contributed by atoms with Crippen molar-refractivity contribution < 1.29 is 4.79 Å². The molecule has 0 fully saturated rings. The van der Waals surface area contributed by atoms with E-state index in [0.29, 0.717) is 11.6 Å². The molecule has 1 rings (SSSR count). The first-order valence-electron chi connectivity index (χ1n) is 3.02. The van der Waals surface area contributed by atoms with Crippen LogP contribution in [-0.4, -0.2) is 20.7 Å². The van der Waals surface area contributed by atoms with E-state index in [1.165, 1.54) is 11.6 Å². The number of carbonyl (C=O) groups is 1. The van der Waals surface area contributed by atoms with Crippen molar-refractivity contribution in [1.82, 2.24) is 14.8 Å². The van der Waals surface area contributed by atoms with Crippen LogP contribution in [0.4, 0.5) is 0 Å². The molecule has 10 heavy (non-hydrogen) atoms. The molecule has 1 heterocycles. The minimum Gasteiger partial charge on any atom is -0.273 e. The van der Waals surface area contributed by atoms with E-state index in [0.717, 1.165) is 0 Å². The number of aryl methyl sites for hydroxylation is 2. The molecule has 0 radical (unpaired) electrons. The van der Waals surface area contributed by atoms with Gasteiger partial charge in [-0.1, -0.05) is 0 Å². The van der Waals surface area contributed by atoms with Crippen molar-refractivity contribution in [3.05, 3.63) is 11.6 Å². The van der Waals surface area contributed by atoms with Gasteiger partial charge in [0.1, 0.15) is 11.6 Å². The van der Waals surface area contributed by atoms with Gasteiger partial charge in [0.15, 0.2) is 0 Å². The van der Waals surface area contributed by atoms with Gasteiger partial charge in [0.2, 0.25) is 5.91 Å². The fourth-order valence-electron chi connectivity index (χ4n) is 0.819. The standard InChI is InChI=1S/C6H9N3O/c1-4-7-5(2)9(8-4)6(3)10/h1-3H3. The third-order valence-electron chi connectivity index (χ3n) is 1.17. The van der Waals surface area contributed by atoms with Gasteiger partial charge in [-0.15, -0.1) is 5.10 Å². The molecule has 4 nitrogen and oxygen atoms in total. The summed E-state index contributed by atoms with van der Waals surface area (Å²) in [5.41, 5.74) is 0. The number of hydrogen-bond acceptors (Lipinski definition) is 3. The second-order valence-electron chi connectivity index (χ2n) is 2.14. The van der Waals surface area contributed by atoms with Crippen molar-refractivity contribution >= 4 is 5.91 Å². The molecule has 0 N–H and O–H groups in total. The summed E-state index contributed by atoms with van der Waals surface area (Å²) in [6, 6.07) is 0. The van der Waals surface area contributed by atoms with E-state index in [4.69, 9.17) is 0 Å². The van der Waals surface area contributed by atoms with E-state index in [1.54, 1.807) is 13.8 Å². The second-order valence-corrected chi connectivity index (χ2v) is 2.14. The van der Waals surface area contributed by atoms with Crippen LogP contribution in [0.5, 0.6) is 0 Å². The summed E-state index contributed by atoms with van der Waals surface area (Å²) in [6.07, 6.45) is 0. The van der Waals surface area contributed by atoms with Crippen molar-refractivity contribution in [2.24, 2.45) is 0 Å². The van der Waals surface area contributed by atoms with Gasteiger partial charge < -0.3 is 0 Å². The van der Waals surface area contributed by atoms with E-state index < -0.39 is 0 Å². The molecule has 0 unspecified atom stereocenters. The maximum absolute atomic E-state index is 10.7. The highest BCUT2D eigenvalue weighted by atomic mass is 16.2. The Bertz CT molecular complexity index is 264. The Kier molecular flexibility index (Phi) is 1.53. The van der Waals surface area contributed by atoms with Crippen LogP contribution in [0.1, 0.15) is 23.4 Å². The largest absolute Gasteiger partial charge is 0.273 e. The highest BCUT2D eigenvalue weighted by molar-refractivity contribution is 5.75. The van der Waals surface area contributed by atoms with E-state index in [1.807, 2.05) is 0 Å². The fourth-order valence-corrected chi connectivity index (χ4v) is 0.819. The van der Waals surface area contributed by atoms with E-state index in [-0.39, 0.29) is 5.91 Å². The quantitative estimate of drug-likeness (QED) is 0.527. The number of hydrogen-bond donors (Lipinski definition) is 0. The minimum atomic E-state index is -0.0990. The molecule has 4 heteroatoms. The predicted octanol–water partition coefficient (Wildman–Crippen LogP) is 0.555. The van der Waals surface area contributed by atoms with Crippen LogP contribution >= 0.6 is 0 Å². The Hall–Kier alpha value is -1.19. The molecule has 0 atom stereocenters. The highest BCUT2D eigenvalue weighted by Crippen LogP contribution is 1.93. The third-order valence-corrected chi connectivity index (χ3v) is 1.17. The smallest absolute Gasteiger partial charge is 0.245 e. The van der Waals surface area contributed by atoms with Gasteiger partial charge in [0, 0.05) is 6.92 Å². The number of rotatable bonds is 0. The van der Waals surface area contributed by atoms with Gasteiger partial charge in [-0.05, 0) is 13.8 Å².